The van der Waals surface area contributed by atoms with E-state index in [4.69, 9.17) is 0 Å². The summed E-state index contributed by atoms with van der Waals surface area (Å²) in [6, 6.07) is 13.9. The number of carbonyl (C=O) groups is 2. The lowest BCUT2D eigenvalue weighted by atomic mass is 10.1. The Labute approximate surface area is 134 Å². The number of anilines is 1. The van der Waals surface area contributed by atoms with E-state index in [0.29, 0.717) is 0 Å². The molecule has 2 amide bonds. The van der Waals surface area contributed by atoms with Crippen molar-refractivity contribution in [3.8, 4) is 0 Å². The van der Waals surface area contributed by atoms with Gasteiger partial charge in [-0.2, -0.15) is 0 Å². The van der Waals surface area contributed by atoms with Gasteiger partial charge in [0, 0.05) is 13.0 Å². The molecule has 120 valence electrons. The van der Waals surface area contributed by atoms with Gasteiger partial charge in [0.05, 0.1) is 12.1 Å². The average Bonchev–Trinajstić information content (AvgIpc) is 2.52. The number of nitrogens with one attached hydrogen (secondary N) is 2. The summed E-state index contributed by atoms with van der Waals surface area (Å²) in [7, 11) is 0. The van der Waals surface area contributed by atoms with Crippen LogP contribution in [0.4, 0.5) is 10.1 Å². The third-order valence-corrected chi connectivity index (χ3v) is 3.28. The summed E-state index contributed by atoms with van der Waals surface area (Å²) < 4.78 is 13.5. The highest BCUT2D eigenvalue weighted by atomic mass is 19.1. The van der Waals surface area contributed by atoms with E-state index >= 15 is 0 Å². The molecule has 0 aliphatic rings. The number of carbonyl (C=O) groups excluding carboxylic acids is 2. The summed E-state index contributed by atoms with van der Waals surface area (Å²) in [6.07, 6.45) is 0.364. The van der Waals surface area contributed by atoms with Crippen molar-refractivity contribution < 1.29 is 14.0 Å². The van der Waals surface area contributed by atoms with Crippen LogP contribution in [0.2, 0.25) is 0 Å². The Hall–Kier alpha value is -2.69. The lowest BCUT2D eigenvalue weighted by Crippen LogP contribution is -2.29. The van der Waals surface area contributed by atoms with Gasteiger partial charge in [-0.15, -0.1) is 0 Å². The number of benzene rings is 2. The van der Waals surface area contributed by atoms with Crippen LogP contribution in [0, 0.1) is 12.7 Å². The number of hydrogen-bond acceptors (Lipinski definition) is 2. The Morgan fingerprint density at radius 3 is 2.52 bits per heavy atom. The Morgan fingerprint density at radius 2 is 1.78 bits per heavy atom. The number of amides is 2. The lowest BCUT2D eigenvalue weighted by Gasteiger charge is -2.08. The van der Waals surface area contributed by atoms with E-state index in [1.165, 1.54) is 6.07 Å². The van der Waals surface area contributed by atoms with Crippen LogP contribution >= 0.6 is 0 Å². The number of aryl methyl sites for hydroxylation is 1. The van der Waals surface area contributed by atoms with Crippen molar-refractivity contribution in [1.82, 2.24) is 5.32 Å². The normalized spacial score (nSPS) is 10.2. The van der Waals surface area contributed by atoms with Gasteiger partial charge in [-0.25, -0.2) is 4.39 Å². The molecule has 0 fully saturated rings. The van der Waals surface area contributed by atoms with Crippen molar-refractivity contribution in [3.05, 3.63) is 65.5 Å². The monoisotopic (exact) mass is 314 g/mol. The summed E-state index contributed by atoms with van der Waals surface area (Å²) in [5.74, 6) is -0.961. The zero-order valence-corrected chi connectivity index (χ0v) is 12.9. The van der Waals surface area contributed by atoms with Crippen LogP contribution in [0.15, 0.2) is 48.5 Å². The van der Waals surface area contributed by atoms with Gasteiger partial charge in [0.25, 0.3) is 0 Å². The fraction of sp³-hybridized carbons (Fsp3) is 0.222. The van der Waals surface area contributed by atoms with Gasteiger partial charge >= 0.3 is 0 Å². The van der Waals surface area contributed by atoms with Crippen molar-refractivity contribution >= 4 is 17.5 Å². The van der Waals surface area contributed by atoms with Gasteiger partial charge in [0.15, 0.2) is 0 Å². The highest BCUT2D eigenvalue weighted by Gasteiger charge is 2.08. The maximum absolute atomic E-state index is 13.5. The molecule has 2 N–H and O–H groups in total. The third kappa shape index (κ3) is 5.54. The Kier molecular flexibility index (Phi) is 5.86. The molecule has 0 saturated heterocycles. The number of rotatable bonds is 6. The van der Waals surface area contributed by atoms with Crippen molar-refractivity contribution in [2.45, 2.75) is 19.8 Å². The minimum absolute atomic E-state index is 0.0912. The van der Waals surface area contributed by atoms with Gasteiger partial charge in [0.1, 0.15) is 5.82 Å². The molecule has 0 aliphatic heterocycles. The topological polar surface area (TPSA) is 58.2 Å². The SMILES string of the molecule is Cc1ccc(F)c(NC(=O)CCNC(=O)Cc2ccccc2)c1. The van der Waals surface area contributed by atoms with Crippen LogP contribution in [0.3, 0.4) is 0 Å². The Bertz CT molecular complexity index is 687. The zero-order valence-electron chi connectivity index (χ0n) is 12.9. The molecule has 0 aliphatic carbocycles. The van der Waals surface area contributed by atoms with Crippen molar-refractivity contribution in [1.29, 1.82) is 0 Å². The summed E-state index contributed by atoms with van der Waals surface area (Å²) in [5.41, 5.74) is 1.93. The molecule has 23 heavy (non-hydrogen) atoms. The predicted molar refractivity (Wildman–Crippen MR) is 87.5 cm³/mol. The first-order valence-electron chi connectivity index (χ1n) is 7.41. The maximum Gasteiger partial charge on any atom is 0.226 e. The minimum atomic E-state index is -0.475. The average molecular weight is 314 g/mol. The molecule has 2 aromatic rings. The summed E-state index contributed by atoms with van der Waals surface area (Å²) in [5, 5.41) is 5.19. The molecular formula is C18H19FN2O2. The van der Waals surface area contributed by atoms with E-state index in [0.717, 1.165) is 11.1 Å². The molecule has 0 atom stereocenters. The first-order valence-corrected chi connectivity index (χ1v) is 7.41. The second-order valence-electron chi connectivity index (χ2n) is 5.29. The molecule has 0 bridgehead atoms. The van der Waals surface area contributed by atoms with Gasteiger partial charge in [-0.3, -0.25) is 9.59 Å². The van der Waals surface area contributed by atoms with E-state index in [1.54, 1.807) is 12.1 Å². The smallest absolute Gasteiger partial charge is 0.226 e. The maximum atomic E-state index is 13.5. The molecule has 2 rings (SSSR count). The molecule has 5 heteroatoms. The van der Waals surface area contributed by atoms with E-state index in [9.17, 15) is 14.0 Å². The molecule has 0 radical (unpaired) electrons. The van der Waals surface area contributed by atoms with Crippen LogP contribution < -0.4 is 10.6 Å². The van der Waals surface area contributed by atoms with Crippen molar-refractivity contribution in [3.63, 3.8) is 0 Å². The van der Waals surface area contributed by atoms with E-state index < -0.39 is 5.82 Å². The van der Waals surface area contributed by atoms with Crippen molar-refractivity contribution in [2.24, 2.45) is 0 Å². The highest BCUT2D eigenvalue weighted by molar-refractivity contribution is 5.91. The highest BCUT2D eigenvalue weighted by Crippen LogP contribution is 2.15. The quantitative estimate of drug-likeness (QED) is 0.861. The fourth-order valence-electron chi connectivity index (χ4n) is 2.11. The molecule has 2 aromatic carbocycles. The van der Waals surface area contributed by atoms with Gasteiger partial charge in [-0.05, 0) is 30.2 Å². The van der Waals surface area contributed by atoms with E-state index in [-0.39, 0.29) is 36.9 Å². The van der Waals surface area contributed by atoms with Gasteiger partial charge in [-0.1, -0.05) is 36.4 Å². The Morgan fingerprint density at radius 1 is 1.04 bits per heavy atom. The summed E-state index contributed by atoms with van der Waals surface area (Å²) in [6.45, 7) is 2.03. The standard InChI is InChI=1S/C18H19FN2O2/c1-13-7-8-15(19)16(11-13)21-17(22)9-10-20-18(23)12-14-5-3-2-4-6-14/h2-8,11H,9-10,12H2,1H3,(H,20,23)(H,21,22). The van der Waals surface area contributed by atoms with Crippen LogP contribution in [-0.2, 0) is 16.0 Å². The van der Waals surface area contributed by atoms with Gasteiger partial charge < -0.3 is 10.6 Å². The molecule has 0 spiro atoms. The van der Waals surface area contributed by atoms with Gasteiger partial charge in [0.2, 0.25) is 11.8 Å². The summed E-state index contributed by atoms with van der Waals surface area (Å²) >= 11 is 0. The fourth-order valence-corrected chi connectivity index (χ4v) is 2.11. The van der Waals surface area contributed by atoms with Crippen LogP contribution in [0.25, 0.3) is 0 Å². The minimum Gasteiger partial charge on any atom is -0.355 e. The molecule has 0 heterocycles. The zero-order chi connectivity index (χ0) is 16.7. The third-order valence-electron chi connectivity index (χ3n) is 3.28. The molecule has 0 aromatic heterocycles. The molecule has 4 nitrogen and oxygen atoms in total. The van der Waals surface area contributed by atoms with Crippen molar-refractivity contribution in [2.75, 3.05) is 11.9 Å². The first kappa shape index (κ1) is 16.7. The second-order valence-corrected chi connectivity index (χ2v) is 5.29. The largest absolute Gasteiger partial charge is 0.355 e. The van der Waals surface area contributed by atoms with E-state index in [1.807, 2.05) is 37.3 Å². The number of halogens is 1. The second kappa shape index (κ2) is 8.08. The van der Waals surface area contributed by atoms with Crippen LogP contribution in [0.5, 0.6) is 0 Å². The first-order chi connectivity index (χ1) is 11.0. The molecule has 0 saturated carbocycles. The molecular weight excluding hydrogens is 295 g/mol. The Balaban J connectivity index is 1.74. The van der Waals surface area contributed by atoms with Crippen LogP contribution in [0.1, 0.15) is 17.5 Å². The number of hydrogen-bond donors (Lipinski definition) is 2. The molecule has 0 unspecified atom stereocenters. The summed E-state index contributed by atoms with van der Waals surface area (Å²) in [4.78, 5) is 23.5. The predicted octanol–water partition coefficient (Wildman–Crippen LogP) is 2.82. The van der Waals surface area contributed by atoms with E-state index in [2.05, 4.69) is 10.6 Å². The van der Waals surface area contributed by atoms with Crippen LogP contribution in [-0.4, -0.2) is 18.4 Å². The lowest BCUT2D eigenvalue weighted by molar-refractivity contribution is -0.120.